The van der Waals surface area contributed by atoms with Crippen molar-refractivity contribution in [2.24, 2.45) is 0 Å². The van der Waals surface area contributed by atoms with E-state index in [-0.39, 0.29) is 11.6 Å². The average Bonchev–Trinajstić information content (AvgIpc) is 2.30. The maximum atomic E-state index is 10.9. The van der Waals surface area contributed by atoms with Crippen molar-refractivity contribution in [3.8, 4) is 5.95 Å². The van der Waals surface area contributed by atoms with Gasteiger partial charge in [-0.2, -0.15) is 9.55 Å². The van der Waals surface area contributed by atoms with Crippen molar-refractivity contribution in [2.45, 2.75) is 0 Å². The molecule has 2 rings (SSSR count). The predicted molar refractivity (Wildman–Crippen MR) is 48.3 cm³/mol. The molecule has 0 amide bonds. The van der Waals surface area contributed by atoms with E-state index >= 15 is 0 Å². The molecule has 0 radical (unpaired) electrons. The van der Waals surface area contributed by atoms with Gasteiger partial charge in [0.1, 0.15) is 0 Å². The van der Waals surface area contributed by atoms with Crippen molar-refractivity contribution < 1.29 is 14.5 Å². The molecule has 0 aromatic carbocycles. The number of pyridine rings is 1. The first-order chi connectivity index (χ1) is 7.29. The molecule has 6 nitrogen and oxygen atoms in total. The van der Waals surface area contributed by atoms with Crippen LogP contribution in [0.1, 0.15) is 10.5 Å². The highest BCUT2D eigenvalue weighted by atomic mass is 16.4. The monoisotopic (exact) mass is 203 g/mol. The second kappa shape index (κ2) is 3.79. The molecule has 0 fully saturated rings. The summed E-state index contributed by atoms with van der Waals surface area (Å²) in [7, 11) is 0. The fourth-order valence-corrected chi connectivity index (χ4v) is 1.15. The lowest BCUT2D eigenvalue weighted by atomic mass is 10.3. The third-order valence-corrected chi connectivity index (χ3v) is 1.77. The fraction of sp³-hybridized carbons (Fsp3) is 0. The smallest absolute Gasteiger partial charge is 0.441 e. The van der Waals surface area contributed by atoms with Crippen LogP contribution in [0.3, 0.4) is 0 Å². The molecule has 0 saturated heterocycles. The Balaban J connectivity index is 2.58. The van der Waals surface area contributed by atoms with E-state index in [1.54, 1.807) is 18.3 Å². The van der Waals surface area contributed by atoms with E-state index in [4.69, 9.17) is 5.11 Å². The first kappa shape index (κ1) is 9.20. The van der Waals surface area contributed by atoms with Gasteiger partial charge in [0, 0.05) is 0 Å². The van der Waals surface area contributed by atoms with Gasteiger partial charge in [-0.25, -0.2) is 4.79 Å². The lowest BCUT2D eigenvalue weighted by Crippen LogP contribution is -2.39. The van der Waals surface area contributed by atoms with Crippen molar-refractivity contribution in [3.63, 3.8) is 0 Å². The summed E-state index contributed by atoms with van der Waals surface area (Å²) in [6.45, 7) is 0. The fourth-order valence-electron chi connectivity index (χ4n) is 1.15. The first-order valence-electron chi connectivity index (χ1n) is 4.15. The number of hydrogen-bond acceptors (Lipinski definition) is 4. The Labute approximate surface area is 84.9 Å². The predicted octanol–water partition coefficient (Wildman–Crippen LogP) is -0.153. The van der Waals surface area contributed by atoms with Gasteiger partial charge in [0.2, 0.25) is 0 Å². The largest absolute Gasteiger partial charge is 0.476 e. The number of aromatic carboxylic acids is 1. The van der Waals surface area contributed by atoms with Gasteiger partial charge in [-0.05, 0) is 12.1 Å². The van der Waals surface area contributed by atoms with Gasteiger partial charge in [-0.3, -0.25) is 0 Å². The topological polar surface area (TPSA) is 79.9 Å². The number of carboxylic acid groups (broad SMARTS) is 1. The molecule has 2 heterocycles. The Morgan fingerprint density at radius 3 is 2.67 bits per heavy atom. The van der Waals surface area contributed by atoms with Gasteiger partial charge in [-0.15, -0.1) is 0 Å². The molecule has 0 aliphatic carbocycles. The van der Waals surface area contributed by atoms with Gasteiger partial charge >= 0.3 is 11.9 Å². The quantitative estimate of drug-likeness (QED) is 0.686. The summed E-state index contributed by atoms with van der Waals surface area (Å²) >= 11 is 0. The van der Waals surface area contributed by atoms with Crippen LogP contribution in [0.4, 0.5) is 0 Å². The van der Waals surface area contributed by atoms with Crippen molar-refractivity contribution >= 4 is 5.97 Å². The van der Waals surface area contributed by atoms with Crippen LogP contribution in [0.15, 0.2) is 37.1 Å². The van der Waals surface area contributed by atoms with E-state index < -0.39 is 5.97 Å². The highest BCUT2D eigenvalue weighted by Gasteiger charge is 2.17. The molecule has 0 spiro atoms. The van der Waals surface area contributed by atoms with E-state index in [9.17, 15) is 4.79 Å². The van der Waals surface area contributed by atoms with E-state index in [1.165, 1.54) is 23.3 Å². The highest BCUT2D eigenvalue weighted by Crippen LogP contribution is 1.94. The van der Waals surface area contributed by atoms with Gasteiger partial charge in [-0.1, -0.05) is 16.0 Å². The number of hydrogen-bond donors (Lipinski definition) is 1. The summed E-state index contributed by atoms with van der Waals surface area (Å²) in [6, 6.07) is 4.82. The molecule has 0 aliphatic heterocycles. The maximum absolute atomic E-state index is 10.9. The molecule has 2 aromatic rings. The van der Waals surface area contributed by atoms with Crippen LogP contribution in [0.5, 0.6) is 0 Å². The van der Waals surface area contributed by atoms with Gasteiger partial charge < -0.3 is 5.11 Å². The zero-order valence-electron chi connectivity index (χ0n) is 7.61. The van der Waals surface area contributed by atoms with Crippen molar-refractivity contribution in [2.75, 3.05) is 0 Å². The van der Waals surface area contributed by atoms with Crippen LogP contribution in [-0.4, -0.2) is 26.0 Å². The number of nitrogens with zero attached hydrogens (tertiary/aromatic N) is 4. The molecule has 2 aromatic heterocycles. The summed E-state index contributed by atoms with van der Waals surface area (Å²) in [5, 5.41) is 8.93. The van der Waals surface area contributed by atoms with Gasteiger partial charge in [0.05, 0.1) is 6.20 Å². The Morgan fingerprint density at radius 1 is 1.27 bits per heavy atom. The SMILES string of the molecule is O=C(O)c1cccc[n+]1-c1ncncn1. The minimum absolute atomic E-state index is 0.101. The minimum Gasteiger partial charge on any atom is -0.476 e. The third-order valence-electron chi connectivity index (χ3n) is 1.77. The summed E-state index contributed by atoms with van der Waals surface area (Å²) in [5.74, 6) is -0.751. The van der Waals surface area contributed by atoms with E-state index in [0.717, 1.165) is 0 Å². The summed E-state index contributed by atoms with van der Waals surface area (Å²) in [6.07, 6.45) is 4.21. The van der Waals surface area contributed by atoms with E-state index in [0.29, 0.717) is 0 Å². The number of rotatable bonds is 2. The lowest BCUT2D eigenvalue weighted by Gasteiger charge is -1.98. The second-order valence-corrected chi connectivity index (χ2v) is 2.70. The Morgan fingerprint density at radius 2 is 2.00 bits per heavy atom. The van der Waals surface area contributed by atoms with Crippen LogP contribution in [0, 0.1) is 0 Å². The summed E-state index contributed by atoms with van der Waals surface area (Å²) in [5.41, 5.74) is 0.101. The molecule has 74 valence electrons. The number of carboxylic acids is 1. The summed E-state index contributed by atoms with van der Waals surface area (Å²) < 4.78 is 1.38. The lowest BCUT2D eigenvalue weighted by molar-refractivity contribution is -0.606. The highest BCUT2D eigenvalue weighted by molar-refractivity contribution is 5.83. The molecule has 0 aliphatic rings. The third kappa shape index (κ3) is 1.78. The standard InChI is InChI=1S/C9H6N4O2/c14-8(15)7-3-1-2-4-13(7)9-11-5-10-6-12-9/h1-6H/p+1. The van der Waals surface area contributed by atoms with Crippen LogP contribution in [-0.2, 0) is 0 Å². The van der Waals surface area contributed by atoms with Gasteiger partial charge in [0.15, 0.2) is 18.3 Å². The van der Waals surface area contributed by atoms with Crippen LogP contribution < -0.4 is 4.57 Å². The molecule has 0 saturated carbocycles. The van der Waals surface area contributed by atoms with E-state index in [2.05, 4.69) is 15.0 Å². The molecule has 0 bridgehead atoms. The molecular weight excluding hydrogens is 196 g/mol. The molecule has 1 N–H and O–H groups in total. The molecule has 6 heteroatoms. The van der Waals surface area contributed by atoms with Crippen LogP contribution in [0.25, 0.3) is 5.95 Å². The van der Waals surface area contributed by atoms with Crippen molar-refractivity contribution in [3.05, 3.63) is 42.7 Å². The zero-order valence-corrected chi connectivity index (χ0v) is 7.61. The zero-order chi connectivity index (χ0) is 10.7. The molecular formula is C9H7N4O2+. The number of aromatic nitrogens is 4. The number of carbonyl (C=O) groups is 1. The molecule has 0 atom stereocenters. The normalized spacial score (nSPS) is 9.87. The Hall–Kier alpha value is -2.37. The molecule has 0 unspecified atom stereocenters. The Kier molecular flexibility index (Phi) is 2.32. The Bertz CT molecular complexity index is 486. The first-order valence-corrected chi connectivity index (χ1v) is 4.15. The average molecular weight is 203 g/mol. The van der Waals surface area contributed by atoms with Crippen molar-refractivity contribution in [1.82, 2.24) is 15.0 Å². The second-order valence-electron chi connectivity index (χ2n) is 2.70. The van der Waals surface area contributed by atoms with Crippen molar-refractivity contribution in [1.29, 1.82) is 0 Å². The minimum atomic E-state index is -1.03. The van der Waals surface area contributed by atoms with Gasteiger partial charge in [0.25, 0.3) is 0 Å². The van der Waals surface area contributed by atoms with Crippen LogP contribution in [0.2, 0.25) is 0 Å². The maximum Gasteiger partial charge on any atom is 0.441 e. The molecule has 15 heavy (non-hydrogen) atoms. The van der Waals surface area contributed by atoms with Crippen LogP contribution >= 0.6 is 0 Å². The summed E-state index contributed by atoms with van der Waals surface area (Å²) in [4.78, 5) is 22.3. The van der Waals surface area contributed by atoms with E-state index in [1.807, 2.05) is 0 Å².